The fourth-order valence-electron chi connectivity index (χ4n) is 3.85. The number of hydrogen-bond donors (Lipinski definition) is 1. The molecule has 2 atom stereocenters. The summed E-state index contributed by atoms with van der Waals surface area (Å²) in [6, 6.07) is 19.7. The van der Waals surface area contributed by atoms with Gasteiger partial charge in [-0.2, -0.15) is 5.10 Å². The lowest BCUT2D eigenvalue weighted by molar-refractivity contribution is -0.135. The van der Waals surface area contributed by atoms with Crippen molar-refractivity contribution in [2.45, 2.75) is 12.5 Å². The number of carbonyl (C=O) groups excluding carboxylic acids is 1. The summed E-state index contributed by atoms with van der Waals surface area (Å²) in [5.41, 5.74) is 2.01. The Balaban J connectivity index is 1.39. The number of H-pyrrole nitrogens is 1. The molecule has 4 rings (SSSR count). The molecule has 1 aromatic heterocycles. The molecule has 7 nitrogen and oxygen atoms in total. The molecular weight excluding hydrogens is 380 g/mol. The van der Waals surface area contributed by atoms with Gasteiger partial charge < -0.3 is 14.4 Å². The summed E-state index contributed by atoms with van der Waals surface area (Å²) in [7, 11) is 1.68. The molecule has 156 valence electrons. The zero-order valence-electron chi connectivity index (χ0n) is 17.0. The molecule has 0 aliphatic carbocycles. The molecule has 30 heavy (non-hydrogen) atoms. The number of aromatic nitrogens is 3. The molecule has 3 aromatic rings. The van der Waals surface area contributed by atoms with Gasteiger partial charge in [0.25, 0.3) is 0 Å². The first-order valence-electron chi connectivity index (χ1n) is 10.1. The van der Waals surface area contributed by atoms with Crippen LogP contribution in [0.1, 0.15) is 17.3 Å². The van der Waals surface area contributed by atoms with Crippen molar-refractivity contribution in [3.05, 3.63) is 72.1 Å². The van der Waals surface area contributed by atoms with Gasteiger partial charge in [-0.3, -0.25) is 9.89 Å². The Morgan fingerprint density at radius 3 is 2.57 bits per heavy atom. The van der Waals surface area contributed by atoms with Crippen LogP contribution in [0.5, 0.6) is 0 Å². The van der Waals surface area contributed by atoms with E-state index in [0.717, 1.165) is 17.0 Å². The maximum absolute atomic E-state index is 12.7. The summed E-state index contributed by atoms with van der Waals surface area (Å²) in [4.78, 5) is 19.2. The second-order valence-electron chi connectivity index (χ2n) is 7.51. The van der Waals surface area contributed by atoms with E-state index < -0.39 is 0 Å². The van der Waals surface area contributed by atoms with E-state index in [2.05, 4.69) is 10.2 Å². The summed E-state index contributed by atoms with van der Waals surface area (Å²) in [5, 5.41) is 7.45. The number of benzene rings is 2. The molecule has 0 radical (unpaired) electrons. The van der Waals surface area contributed by atoms with Crippen LogP contribution in [0.25, 0.3) is 11.4 Å². The number of carbonyl (C=O) groups is 1. The summed E-state index contributed by atoms with van der Waals surface area (Å²) in [6.07, 6.45) is 0. The Bertz CT molecular complexity index is 945. The molecule has 1 aliphatic rings. The highest BCUT2D eigenvalue weighted by Gasteiger charge is 2.38. The molecule has 1 amide bonds. The van der Waals surface area contributed by atoms with Crippen molar-refractivity contribution in [3.8, 4) is 11.4 Å². The minimum absolute atomic E-state index is 0.0164. The van der Waals surface area contributed by atoms with Gasteiger partial charge in [0, 0.05) is 37.6 Å². The molecule has 2 aromatic carbocycles. The smallest absolute Gasteiger partial charge is 0.248 e. The molecule has 2 heterocycles. The van der Waals surface area contributed by atoms with E-state index in [1.54, 1.807) is 7.11 Å². The van der Waals surface area contributed by atoms with E-state index in [1.165, 1.54) is 0 Å². The van der Waals surface area contributed by atoms with Crippen molar-refractivity contribution in [2.75, 3.05) is 33.4 Å². The van der Waals surface area contributed by atoms with Crippen LogP contribution in [0.15, 0.2) is 60.7 Å². The number of nitrogens with zero attached hydrogens (tertiary/aromatic N) is 3. The van der Waals surface area contributed by atoms with E-state index in [4.69, 9.17) is 14.5 Å². The fraction of sp³-hybridized carbons (Fsp3) is 0.348. The van der Waals surface area contributed by atoms with Crippen molar-refractivity contribution >= 4 is 5.91 Å². The SMILES string of the molecule is COC[C@@H]1CN(C(=O)COCc2ccccc2)C[C@H]1c1nc(-c2ccccc2)n[nH]1. The Morgan fingerprint density at radius 2 is 1.83 bits per heavy atom. The maximum Gasteiger partial charge on any atom is 0.248 e. The topological polar surface area (TPSA) is 80.3 Å². The van der Waals surface area contributed by atoms with Crippen molar-refractivity contribution < 1.29 is 14.3 Å². The Hall–Kier alpha value is -3.03. The lowest BCUT2D eigenvalue weighted by Gasteiger charge is -2.16. The monoisotopic (exact) mass is 406 g/mol. The van der Waals surface area contributed by atoms with Gasteiger partial charge >= 0.3 is 0 Å². The van der Waals surface area contributed by atoms with Crippen molar-refractivity contribution in [1.29, 1.82) is 0 Å². The normalized spacial score (nSPS) is 18.6. The minimum Gasteiger partial charge on any atom is -0.384 e. The third-order valence-corrected chi connectivity index (χ3v) is 5.40. The number of rotatable bonds is 8. The predicted octanol–water partition coefficient (Wildman–Crippen LogP) is 2.88. The third kappa shape index (κ3) is 4.75. The minimum atomic E-state index is -0.0164. The third-order valence-electron chi connectivity index (χ3n) is 5.40. The van der Waals surface area contributed by atoms with Gasteiger partial charge in [0.15, 0.2) is 5.82 Å². The lowest BCUT2D eigenvalue weighted by Crippen LogP contribution is -2.32. The average Bonchev–Trinajstić information content (AvgIpc) is 3.43. The van der Waals surface area contributed by atoms with Crippen LogP contribution in [0.3, 0.4) is 0 Å². The summed E-state index contributed by atoms with van der Waals surface area (Å²) in [6.45, 7) is 2.24. The van der Waals surface area contributed by atoms with Crippen molar-refractivity contribution in [1.82, 2.24) is 20.1 Å². The van der Waals surface area contributed by atoms with E-state index in [9.17, 15) is 4.79 Å². The summed E-state index contributed by atoms with van der Waals surface area (Å²) >= 11 is 0. The van der Waals surface area contributed by atoms with Crippen LogP contribution in [0.2, 0.25) is 0 Å². The standard InChI is InChI=1S/C23H26N4O3/c1-29-15-19-12-27(21(28)16-30-14-17-8-4-2-5-9-17)13-20(19)23-24-22(25-26-23)18-10-6-3-7-11-18/h2-11,19-20H,12-16H2,1H3,(H,24,25,26)/t19-,20+/m0/s1. The van der Waals surface area contributed by atoms with Gasteiger partial charge in [0.1, 0.15) is 12.4 Å². The number of hydrogen-bond acceptors (Lipinski definition) is 5. The number of amides is 1. The Kier molecular flexibility index (Phi) is 6.51. The number of nitrogens with one attached hydrogen (secondary N) is 1. The summed E-state index contributed by atoms with van der Waals surface area (Å²) in [5.74, 6) is 1.64. The van der Waals surface area contributed by atoms with Crippen LogP contribution < -0.4 is 0 Å². The molecule has 1 fully saturated rings. The van der Waals surface area contributed by atoms with Gasteiger partial charge in [-0.1, -0.05) is 60.7 Å². The second-order valence-corrected chi connectivity index (χ2v) is 7.51. The molecular formula is C23H26N4O3. The zero-order valence-corrected chi connectivity index (χ0v) is 17.0. The van der Waals surface area contributed by atoms with E-state index in [-0.39, 0.29) is 24.3 Å². The van der Waals surface area contributed by atoms with Gasteiger partial charge in [0.05, 0.1) is 13.2 Å². The van der Waals surface area contributed by atoms with Crippen LogP contribution >= 0.6 is 0 Å². The fourth-order valence-corrected chi connectivity index (χ4v) is 3.85. The van der Waals surface area contributed by atoms with E-state index >= 15 is 0 Å². The predicted molar refractivity (Wildman–Crippen MR) is 113 cm³/mol. The first-order valence-corrected chi connectivity index (χ1v) is 10.1. The zero-order chi connectivity index (χ0) is 20.8. The van der Waals surface area contributed by atoms with Crippen LogP contribution in [-0.2, 0) is 20.9 Å². The second kappa shape index (κ2) is 9.65. The molecule has 0 bridgehead atoms. The highest BCUT2D eigenvalue weighted by atomic mass is 16.5. The molecule has 7 heteroatoms. The quantitative estimate of drug-likeness (QED) is 0.622. The van der Waals surface area contributed by atoms with Gasteiger partial charge in [0.2, 0.25) is 5.91 Å². The largest absolute Gasteiger partial charge is 0.384 e. The first kappa shape index (κ1) is 20.3. The van der Waals surface area contributed by atoms with Gasteiger partial charge in [-0.15, -0.1) is 0 Å². The Labute approximate surface area is 176 Å². The molecule has 0 saturated carbocycles. The number of methoxy groups -OCH3 is 1. The van der Waals surface area contributed by atoms with Crippen LogP contribution in [0, 0.1) is 5.92 Å². The van der Waals surface area contributed by atoms with Crippen molar-refractivity contribution in [2.24, 2.45) is 5.92 Å². The number of aromatic amines is 1. The average molecular weight is 406 g/mol. The van der Waals surface area contributed by atoms with Crippen LogP contribution in [0.4, 0.5) is 0 Å². The molecule has 0 unspecified atom stereocenters. The molecule has 0 spiro atoms. The first-order chi connectivity index (χ1) is 14.7. The van der Waals surface area contributed by atoms with Crippen LogP contribution in [-0.4, -0.2) is 59.4 Å². The van der Waals surface area contributed by atoms with E-state index in [1.807, 2.05) is 65.6 Å². The highest BCUT2D eigenvalue weighted by Crippen LogP contribution is 2.32. The Morgan fingerprint density at radius 1 is 1.10 bits per heavy atom. The lowest BCUT2D eigenvalue weighted by atomic mass is 9.96. The van der Waals surface area contributed by atoms with Gasteiger partial charge in [-0.25, -0.2) is 4.98 Å². The van der Waals surface area contributed by atoms with Crippen molar-refractivity contribution in [3.63, 3.8) is 0 Å². The molecule has 1 aliphatic heterocycles. The number of likely N-dealkylation sites (tertiary alicyclic amines) is 1. The highest BCUT2D eigenvalue weighted by molar-refractivity contribution is 5.78. The molecule has 1 N–H and O–H groups in total. The molecule has 1 saturated heterocycles. The summed E-state index contributed by atoms with van der Waals surface area (Å²) < 4.78 is 11.0. The van der Waals surface area contributed by atoms with E-state index in [0.29, 0.717) is 32.1 Å². The van der Waals surface area contributed by atoms with Gasteiger partial charge in [-0.05, 0) is 5.56 Å². The maximum atomic E-state index is 12.7. The number of ether oxygens (including phenoxy) is 2.